The lowest BCUT2D eigenvalue weighted by molar-refractivity contribution is -0.129. The summed E-state index contributed by atoms with van der Waals surface area (Å²) in [6.45, 7) is 2.31. The maximum absolute atomic E-state index is 11.7. The summed E-state index contributed by atoms with van der Waals surface area (Å²) < 4.78 is 0. The Hall–Kier alpha value is -1.64. The van der Waals surface area contributed by atoms with Gasteiger partial charge in [-0.15, -0.1) is 0 Å². The van der Waals surface area contributed by atoms with Crippen molar-refractivity contribution < 1.29 is 9.59 Å². The smallest absolute Gasteiger partial charge is 0.231 e. The van der Waals surface area contributed by atoms with Crippen LogP contribution in [0, 0.1) is 0 Å². The molecular formula is C13H15NO2. The van der Waals surface area contributed by atoms with Crippen LogP contribution >= 0.6 is 0 Å². The average molecular weight is 217 g/mol. The summed E-state index contributed by atoms with van der Waals surface area (Å²) in [5, 5.41) is 0. The summed E-state index contributed by atoms with van der Waals surface area (Å²) in [7, 11) is 0. The molecule has 16 heavy (non-hydrogen) atoms. The summed E-state index contributed by atoms with van der Waals surface area (Å²) in [4.78, 5) is 24.6. The summed E-state index contributed by atoms with van der Waals surface area (Å²) in [6.07, 6.45) is 0.909. The van der Waals surface area contributed by atoms with Crippen LogP contribution in [-0.2, 0) is 9.59 Å². The summed E-state index contributed by atoms with van der Waals surface area (Å²) >= 11 is 0. The van der Waals surface area contributed by atoms with Crippen LogP contribution in [0.5, 0.6) is 0 Å². The molecule has 0 spiro atoms. The van der Waals surface area contributed by atoms with E-state index in [1.54, 1.807) is 4.90 Å². The molecule has 1 atom stereocenters. The van der Waals surface area contributed by atoms with Crippen molar-refractivity contribution in [1.29, 1.82) is 0 Å². The molecule has 3 heteroatoms. The van der Waals surface area contributed by atoms with Crippen molar-refractivity contribution in [2.24, 2.45) is 0 Å². The van der Waals surface area contributed by atoms with Gasteiger partial charge in [0.1, 0.15) is 0 Å². The number of amides is 1. The molecule has 84 valence electrons. The molecule has 1 saturated heterocycles. The van der Waals surface area contributed by atoms with Gasteiger partial charge < -0.3 is 4.90 Å². The standard InChI is InChI=1S/C13H15NO2/c1-2-12(10-6-4-3-5-7-10)14-9-11(15)8-13(14)16/h3-7,12H,2,8-9H2,1H3/t12-/m0/s1. The van der Waals surface area contributed by atoms with Gasteiger partial charge in [-0.3, -0.25) is 9.59 Å². The van der Waals surface area contributed by atoms with Gasteiger partial charge in [-0.1, -0.05) is 37.3 Å². The molecule has 0 radical (unpaired) electrons. The Morgan fingerprint density at radius 2 is 1.94 bits per heavy atom. The second-order valence-electron chi connectivity index (χ2n) is 4.07. The third kappa shape index (κ3) is 1.98. The largest absolute Gasteiger partial charge is 0.328 e. The van der Waals surface area contributed by atoms with Crippen LogP contribution in [0.15, 0.2) is 30.3 Å². The highest BCUT2D eigenvalue weighted by Gasteiger charge is 2.32. The quantitative estimate of drug-likeness (QED) is 0.725. The van der Waals surface area contributed by atoms with Gasteiger partial charge in [-0.25, -0.2) is 0 Å². The van der Waals surface area contributed by atoms with Gasteiger partial charge in [0, 0.05) is 0 Å². The van der Waals surface area contributed by atoms with E-state index in [0.717, 1.165) is 12.0 Å². The van der Waals surface area contributed by atoms with Crippen molar-refractivity contribution in [3.8, 4) is 0 Å². The lowest BCUT2D eigenvalue weighted by atomic mass is 10.0. The molecule has 1 aliphatic rings. The molecule has 0 unspecified atom stereocenters. The van der Waals surface area contributed by atoms with Crippen molar-refractivity contribution in [2.45, 2.75) is 25.8 Å². The highest BCUT2D eigenvalue weighted by molar-refractivity contribution is 6.05. The third-order valence-electron chi connectivity index (χ3n) is 2.96. The number of Topliss-reactive ketones (excluding diaryl/α,β-unsaturated/α-hetero) is 1. The van der Waals surface area contributed by atoms with Crippen LogP contribution in [0.4, 0.5) is 0 Å². The van der Waals surface area contributed by atoms with E-state index < -0.39 is 0 Å². The number of ketones is 1. The van der Waals surface area contributed by atoms with E-state index in [0.29, 0.717) is 0 Å². The lowest BCUT2D eigenvalue weighted by Crippen LogP contribution is -2.30. The molecule has 1 aromatic carbocycles. The molecular weight excluding hydrogens is 202 g/mol. The van der Waals surface area contributed by atoms with Gasteiger partial charge in [-0.2, -0.15) is 0 Å². The number of carbonyl (C=O) groups excluding carboxylic acids is 2. The molecule has 0 N–H and O–H groups in total. The van der Waals surface area contributed by atoms with E-state index in [9.17, 15) is 9.59 Å². The lowest BCUT2D eigenvalue weighted by Gasteiger charge is -2.26. The zero-order chi connectivity index (χ0) is 11.5. The second kappa shape index (κ2) is 4.47. The third-order valence-corrected chi connectivity index (χ3v) is 2.96. The van der Waals surface area contributed by atoms with Crippen molar-refractivity contribution in [3.63, 3.8) is 0 Å². The summed E-state index contributed by atoms with van der Waals surface area (Å²) in [6, 6.07) is 9.92. The van der Waals surface area contributed by atoms with E-state index in [-0.39, 0.29) is 30.7 Å². The van der Waals surface area contributed by atoms with Crippen LogP contribution in [0.3, 0.4) is 0 Å². The Balaban J connectivity index is 2.24. The molecule has 1 aliphatic heterocycles. The fraction of sp³-hybridized carbons (Fsp3) is 0.385. The monoisotopic (exact) mass is 217 g/mol. The maximum Gasteiger partial charge on any atom is 0.231 e. The Morgan fingerprint density at radius 1 is 1.25 bits per heavy atom. The normalized spacial score (nSPS) is 17.9. The molecule has 0 aliphatic carbocycles. The Labute approximate surface area is 95.1 Å². The van der Waals surface area contributed by atoms with Gasteiger partial charge >= 0.3 is 0 Å². The van der Waals surface area contributed by atoms with Crippen LogP contribution in [-0.4, -0.2) is 23.1 Å². The number of hydrogen-bond donors (Lipinski definition) is 0. The highest BCUT2D eigenvalue weighted by atomic mass is 16.2. The van der Waals surface area contributed by atoms with Crippen LogP contribution in [0.1, 0.15) is 31.4 Å². The predicted molar refractivity (Wildman–Crippen MR) is 60.8 cm³/mol. The van der Waals surface area contributed by atoms with E-state index in [1.807, 2.05) is 37.3 Å². The molecule has 0 aromatic heterocycles. The van der Waals surface area contributed by atoms with Gasteiger partial charge in [0.05, 0.1) is 19.0 Å². The van der Waals surface area contributed by atoms with E-state index in [1.165, 1.54) is 0 Å². The summed E-state index contributed by atoms with van der Waals surface area (Å²) in [5.74, 6) is -0.0138. The molecule has 3 nitrogen and oxygen atoms in total. The molecule has 0 bridgehead atoms. The second-order valence-corrected chi connectivity index (χ2v) is 4.07. The Kier molecular flexibility index (Phi) is 3.04. The molecule has 1 amide bonds. The summed E-state index contributed by atoms with van der Waals surface area (Å²) in [5.41, 5.74) is 1.10. The average Bonchev–Trinajstić information content (AvgIpc) is 2.61. The van der Waals surface area contributed by atoms with Gasteiger partial charge in [0.2, 0.25) is 5.91 Å². The molecule has 1 fully saturated rings. The molecule has 1 aromatic rings. The minimum Gasteiger partial charge on any atom is -0.328 e. The maximum atomic E-state index is 11.7. The number of benzene rings is 1. The molecule has 1 heterocycles. The fourth-order valence-electron chi connectivity index (χ4n) is 2.20. The first-order chi connectivity index (χ1) is 7.72. The zero-order valence-corrected chi connectivity index (χ0v) is 9.35. The fourth-order valence-corrected chi connectivity index (χ4v) is 2.20. The number of likely N-dealkylation sites (tertiary alicyclic amines) is 1. The minimum atomic E-state index is -0.0410. The SMILES string of the molecule is CC[C@@H](c1ccccc1)N1CC(=O)CC1=O. The number of rotatable bonds is 3. The van der Waals surface area contributed by atoms with Crippen LogP contribution in [0.25, 0.3) is 0 Å². The van der Waals surface area contributed by atoms with Gasteiger partial charge in [0.15, 0.2) is 5.78 Å². The van der Waals surface area contributed by atoms with Crippen molar-refractivity contribution in [1.82, 2.24) is 4.90 Å². The Bertz CT molecular complexity index is 400. The topological polar surface area (TPSA) is 37.4 Å². The number of hydrogen-bond acceptors (Lipinski definition) is 2. The van der Waals surface area contributed by atoms with Gasteiger partial charge in [0.25, 0.3) is 0 Å². The number of nitrogens with zero attached hydrogens (tertiary/aromatic N) is 1. The van der Waals surface area contributed by atoms with Crippen molar-refractivity contribution in [3.05, 3.63) is 35.9 Å². The molecule has 2 rings (SSSR count). The van der Waals surface area contributed by atoms with Gasteiger partial charge in [-0.05, 0) is 12.0 Å². The van der Waals surface area contributed by atoms with Crippen molar-refractivity contribution >= 4 is 11.7 Å². The highest BCUT2D eigenvalue weighted by Crippen LogP contribution is 2.27. The Morgan fingerprint density at radius 3 is 2.44 bits per heavy atom. The van der Waals surface area contributed by atoms with Crippen LogP contribution < -0.4 is 0 Å². The predicted octanol–water partition coefficient (Wildman–Crippen LogP) is 1.94. The first kappa shape index (κ1) is 10.9. The first-order valence-electron chi connectivity index (χ1n) is 5.58. The van der Waals surface area contributed by atoms with Crippen LogP contribution in [0.2, 0.25) is 0 Å². The van der Waals surface area contributed by atoms with E-state index >= 15 is 0 Å². The first-order valence-corrected chi connectivity index (χ1v) is 5.58. The zero-order valence-electron chi connectivity index (χ0n) is 9.35. The van der Waals surface area contributed by atoms with E-state index in [4.69, 9.17) is 0 Å². The van der Waals surface area contributed by atoms with E-state index in [2.05, 4.69) is 0 Å². The van der Waals surface area contributed by atoms with Crippen molar-refractivity contribution in [2.75, 3.05) is 6.54 Å². The minimum absolute atomic E-state index is 0.0272. The molecule has 0 saturated carbocycles. The number of carbonyl (C=O) groups is 2.